The van der Waals surface area contributed by atoms with E-state index in [9.17, 15) is 14.7 Å². The van der Waals surface area contributed by atoms with E-state index in [2.05, 4.69) is 11.6 Å². The van der Waals surface area contributed by atoms with Gasteiger partial charge >= 0.3 is 0 Å². The van der Waals surface area contributed by atoms with Crippen LogP contribution in [0, 0.1) is 0 Å². The maximum absolute atomic E-state index is 10.1. The minimum absolute atomic E-state index is 0.0588. The van der Waals surface area contributed by atoms with Crippen LogP contribution in [0.25, 0.3) is 0 Å². The van der Waals surface area contributed by atoms with Crippen LogP contribution in [0.4, 0.5) is 0 Å². The Morgan fingerprint density at radius 1 is 1.82 bits per heavy atom. The average Bonchev–Trinajstić information content (AvgIpc) is 1.87. The molecular formula is C7H8NO3-. The fraction of sp³-hybridized carbons (Fsp3) is 0.429. The van der Waals surface area contributed by atoms with Gasteiger partial charge in [-0.25, -0.2) is 9.79 Å². The zero-order valence-electron chi connectivity index (χ0n) is 6.16. The van der Waals surface area contributed by atoms with Crippen LogP contribution in [0.5, 0.6) is 0 Å². The topological polar surface area (TPSA) is 69.6 Å². The van der Waals surface area contributed by atoms with Crippen LogP contribution in [0.2, 0.25) is 0 Å². The van der Waals surface area contributed by atoms with Gasteiger partial charge in [-0.2, -0.15) is 0 Å². The van der Waals surface area contributed by atoms with Gasteiger partial charge in [0.05, 0.1) is 12.0 Å². The summed E-state index contributed by atoms with van der Waals surface area (Å²) in [6.07, 6.45) is 1.45. The molecule has 0 heterocycles. The van der Waals surface area contributed by atoms with E-state index in [4.69, 9.17) is 0 Å². The van der Waals surface area contributed by atoms with Crippen molar-refractivity contribution in [1.29, 1.82) is 0 Å². The molecule has 0 amide bonds. The van der Waals surface area contributed by atoms with Gasteiger partial charge in [0.2, 0.25) is 6.08 Å². The Kier molecular flexibility index (Phi) is 3.85. The van der Waals surface area contributed by atoms with Gasteiger partial charge in [-0.3, -0.25) is 0 Å². The van der Waals surface area contributed by atoms with Crippen LogP contribution in [0.15, 0.2) is 17.1 Å². The molecule has 11 heavy (non-hydrogen) atoms. The quantitative estimate of drug-likeness (QED) is 0.308. The lowest BCUT2D eigenvalue weighted by Gasteiger charge is -2.07. The zero-order chi connectivity index (χ0) is 8.85. The molecule has 0 spiro atoms. The lowest BCUT2D eigenvalue weighted by molar-refractivity contribution is -0.299. The molecule has 0 aromatic rings. The minimum atomic E-state index is -1.31. The van der Waals surface area contributed by atoms with Crippen LogP contribution in [-0.4, -0.2) is 18.1 Å². The van der Waals surface area contributed by atoms with Gasteiger partial charge in [0, 0.05) is 0 Å². The average molecular weight is 154 g/mol. The molecule has 1 unspecified atom stereocenters. The number of carbonyl (C=O) groups excluding carboxylic acids is 2. The lowest BCUT2D eigenvalue weighted by Crippen LogP contribution is -2.25. The van der Waals surface area contributed by atoms with Gasteiger partial charge in [-0.05, 0) is 18.9 Å². The maximum atomic E-state index is 10.1. The third-order valence-electron chi connectivity index (χ3n) is 1.10. The SMILES string of the molecule is C=C(CC(C)N=C=O)C(=O)[O-]. The molecule has 0 aromatic carbocycles. The number of aliphatic imine (C=N–C) groups is 1. The number of rotatable bonds is 4. The van der Waals surface area contributed by atoms with Crippen molar-refractivity contribution in [3.63, 3.8) is 0 Å². The summed E-state index contributed by atoms with van der Waals surface area (Å²) in [7, 11) is 0. The summed E-state index contributed by atoms with van der Waals surface area (Å²) >= 11 is 0. The zero-order valence-corrected chi connectivity index (χ0v) is 6.16. The number of carboxylic acid groups (broad SMARTS) is 1. The molecule has 0 aliphatic rings. The molecule has 0 bridgehead atoms. The molecule has 0 saturated heterocycles. The van der Waals surface area contributed by atoms with E-state index < -0.39 is 12.0 Å². The second kappa shape index (κ2) is 4.41. The van der Waals surface area contributed by atoms with Crippen molar-refractivity contribution in [2.75, 3.05) is 0 Å². The Hall–Kier alpha value is -1.41. The van der Waals surface area contributed by atoms with Crippen molar-refractivity contribution < 1.29 is 14.7 Å². The number of nitrogens with zero attached hydrogens (tertiary/aromatic N) is 1. The van der Waals surface area contributed by atoms with Crippen molar-refractivity contribution in [2.24, 2.45) is 4.99 Å². The van der Waals surface area contributed by atoms with E-state index in [1.807, 2.05) is 0 Å². The Morgan fingerprint density at radius 2 is 2.36 bits per heavy atom. The molecule has 4 nitrogen and oxygen atoms in total. The highest BCUT2D eigenvalue weighted by atomic mass is 16.4. The summed E-state index contributed by atoms with van der Waals surface area (Å²) < 4.78 is 0. The smallest absolute Gasteiger partial charge is 0.235 e. The van der Waals surface area contributed by atoms with Crippen molar-refractivity contribution in [1.82, 2.24) is 0 Å². The van der Waals surface area contributed by atoms with Gasteiger partial charge in [-0.15, -0.1) is 0 Å². The molecule has 0 N–H and O–H groups in total. The maximum Gasteiger partial charge on any atom is 0.235 e. The van der Waals surface area contributed by atoms with E-state index >= 15 is 0 Å². The Labute approximate surface area is 64.3 Å². The van der Waals surface area contributed by atoms with Crippen LogP contribution in [0.3, 0.4) is 0 Å². The normalized spacial score (nSPS) is 11.4. The van der Waals surface area contributed by atoms with Gasteiger partial charge in [0.15, 0.2) is 0 Å². The predicted molar refractivity (Wildman–Crippen MR) is 36.3 cm³/mol. The van der Waals surface area contributed by atoms with Gasteiger partial charge in [0.25, 0.3) is 0 Å². The number of carboxylic acids is 1. The molecule has 0 fully saturated rings. The second-order valence-corrected chi connectivity index (χ2v) is 2.16. The van der Waals surface area contributed by atoms with E-state index in [0.29, 0.717) is 0 Å². The first kappa shape index (κ1) is 9.59. The van der Waals surface area contributed by atoms with Crippen molar-refractivity contribution in [3.8, 4) is 0 Å². The largest absolute Gasteiger partial charge is 0.545 e. The van der Waals surface area contributed by atoms with E-state index in [1.165, 1.54) is 6.08 Å². The fourth-order valence-corrected chi connectivity index (χ4v) is 0.576. The third-order valence-corrected chi connectivity index (χ3v) is 1.10. The molecule has 0 aliphatic carbocycles. The lowest BCUT2D eigenvalue weighted by atomic mass is 10.1. The van der Waals surface area contributed by atoms with E-state index in [0.717, 1.165) is 0 Å². The van der Waals surface area contributed by atoms with Crippen molar-refractivity contribution in [3.05, 3.63) is 12.2 Å². The Bertz CT molecular complexity index is 216. The highest BCUT2D eigenvalue weighted by Crippen LogP contribution is 2.03. The van der Waals surface area contributed by atoms with E-state index in [-0.39, 0.29) is 12.0 Å². The first-order chi connectivity index (χ1) is 5.07. The highest BCUT2D eigenvalue weighted by Gasteiger charge is 2.02. The number of aliphatic carboxylic acids is 1. The van der Waals surface area contributed by atoms with Crippen molar-refractivity contribution >= 4 is 12.0 Å². The van der Waals surface area contributed by atoms with Crippen LogP contribution < -0.4 is 5.11 Å². The van der Waals surface area contributed by atoms with Gasteiger partial charge < -0.3 is 9.90 Å². The summed E-state index contributed by atoms with van der Waals surface area (Å²) in [4.78, 5) is 23.1. The fourth-order valence-electron chi connectivity index (χ4n) is 0.576. The van der Waals surface area contributed by atoms with Crippen LogP contribution >= 0.6 is 0 Å². The van der Waals surface area contributed by atoms with Gasteiger partial charge in [-0.1, -0.05) is 6.58 Å². The molecule has 0 saturated carbocycles. The van der Waals surface area contributed by atoms with E-state index in [1.54, 1.807) is 6.92 Å². The molecule has 0 rings (SSSR count). The minimum Gasteiger partial charge on any atom is -0.545 e. The summed E-state index contributed by atoms with van der Waals surface area (Å²) in [6, 6.07) is -0.391. The number of hydrogen-bond donors (Lipinski definition) is 0. The first-order valence-corrected chi connectivity index (χ1v) is 3.04. The number of hydrogen-bond acceptors (Lipinski definition) is 4. The Morgan fingerprint density at radius 3 is 2.73 bits per heavy atom. The summed E-state index contributed by atoms with van der Waals surface area (Å²) in [5.41, 5.74) is -0.0588. The number of isocyanates is 1. The monoisotopic (exact) mass is 154 g/mol. The molecule has 0 radical (unpaired) electrons. The molecule has 1 atom stereocenters. The third kappa shape index (κ3) is 4.06. The molecular weight excluding hydrogens is 146 g/mol. The van der Waals surface area contributed by atoms with Crippen LogP contribution in [-0.2, 0) is 9.59 Å². The van der Waals surface area contributed by atoms with Crippen molar-refractivity contribution in [2.45, 2.75) is 19.4 Å². The number of carbonyl (C=O) groups is 1. The summed E-state index contributed by atoms with van der Waals surface area (Å²) in [5.74, 6) is -1.31. The first-order valence-electron chi connectivity index (χ1n) is 3.04. The van der Waals surface area contributed by atoms with Crippen LogP contribution in [0.1, 0.15) is 13.3 Å². The standard InChI is InChI=1S/C7H9NO3/c1-5(7(10)11)3-6(2)8-4-9/h6H,1,3H2,2H3,(H,10,11)/p-1. The van der Waals surface area contributed by atoms with Gasteiger partial charge in [0.1, 0.15) is 0 Å². The summed E-state index contributed by atoms with van der Waals surface area (Å²) in [5, 5.41) is 10.1. The predicted octanol–water partition coefficient (Wildman–Crippen LogP) is -0.593. The highest BCUT2D eigenvalue weighted by molar-refractivity contribution is 5.83. The molecule has 0 aromatic heterocycles. The molecule has 4 heteroatoms. The summed E-state index contributed by atoms with van der Waals surface area (Å²) in [6.45, 7) is 4.82. The Balaban J connectivity index is 3.94. The molecule has 0 aliphatic heterocycles. The second-order valence-electron chi connectivity index (χ2n) is 2.16. The molecule has 60 valence electrons.